The number of aryl methyl sites for hydroxylation is 1. The van der Waals surface area contributed by atoms with Gasteiger partial charge in [-0.2, -0.15) is 0 Å². The van der Waals surface area contributed by atoms with Crippen LogP contribution in [0.4, 0.5) is 0 Å². The highest BCUT2D eigenvalue weighted by Crippen LogP contribution is 2.46. The van der Waals surface area contributed by atoms with E-state index >= 15 is 0 Å². The third-order valence-electron chi connectivity index (χ3n) is 5.88. The number of oxazole rings is 1. The molecule has 0 N–H and O–H groups in total. The number of fused-ring (bicyclic) bond motifs is 1. The van der Waals surface area contributed by atoms with Crippen LogP contribution in [0.15, 0.2) is 41.3 Å². The maximum atomic E-state index is 13.0. The Bertz CT molecular complexity index is 864. The minimum absolute atomic E-state index is 0.00578. The number of aromatic nitrogens is 1. The number of likely N-dealkylation sites (tertiary alicyclic amines) is 2. The van der Waals surface area contributed by atoms with Crippen molar-refractivity contribution in [2.75, 3.05) is 40.3 Å². The van der Waals surface area contributed by atoms with E-state index in [4.69, 9.17) is 4.42 Å². The molecule has 2 amide bonds. The molecule has 3 heterocycles. The Morgan fingerprint density at radius 2 is 2.00 bits per heavy atom. The summed E-state index contributed by atoms with van der Waals surface area (Å²) in [5, 5.41) is 0. The predicted molar refractivity (Wildman–Crippen MR) is 104 cm³/mol. The number of hydrogen-bond donors (Lipinski definition) is 0. The molecule has 7 nitrogen and oxygen atoms in total. The number of likely N-dealkylation sites (N-methyl/N-ethyl adjacent to an activating group) is 1. The molecule has 0 bridgehead atoms. The van der Waals surface area contributed by atoms with Gasteiger partial charge in [-0.25, -0.2) is 4.98 Å². The molecule has 0 radical (unpaired) electrons. The van der Waals surface area contributed by atoms with Gasteiger partial charge in [-0.1, -0.05) is 24.3 Å². The average Bonchev–Trinajstić information content (AvgIpc) is 3.37. The van der Waals surface area contributed by atoms with Gasteiger partial charge in [0.05, 0.1) is 12.6 Å². The lowest BCUT2D eigenvalue weighted by molar-refractivity contribution is -0.133. The standard InChI is InChI=1S/C21H26N4O3/c1-14-6-4-5-7-16(14)20-17-10-24(21(27)18-12-28-13-22-18)8-15(17)9-25(20)19(26)11-23(2)3/h4-7,12-13,15,17,20H,8-11H2,1-3H3/t15-,17-,20+/m1/s1. The largest absolute Gasteiger partial charge is 0.451 e. The van der Waals surface area contributed by atoms with E-state index in [0.717, 1.165) is 0 Å². The van der Waals surface area contributed by atoms with Gasteiger partial charge in [0, 0.05) is 31.5 Å². The normalized spacial score (nSPS) is 24.1. The number of benzene rings is 1. The highest BCUT2D eigenvalue weighted by Gasteiger charge is 2.50. The fourth-order valence-electron chi connectivity index (χ4n) is 4.63. The first-order chi connectivity index (χ1) is 13.5. The molecule has 3 atom stereocenters. The average molecular weight is 382 g/mol. The second-order valence-corrected chi connectivity index (χ2v) is 8.09. The summed E-state index contributed by atoms with van der Waals surface area (Å²) in [5.74, 6) is 0.537. The van der Waals surface area contributed by atoms with Gasteiger partial charge >= 0.3 is 0 Å². The first-order valence-electron chi connectivity index (χ1n) is 9.63. The van der Waals surface area contributed by atoms with E-state index < -0.39 is 0 Å². The minimum atomic E-state index is -0.0992. The van der Waals surface area contributed by atoms with Crippen LogP contribution in [0.5, 0.6) is 0 Å². The summed E-state index contributed by atoms with van der Waals surface area (Å²) < 4.78 is 4.96. The number of amides is 2. The topological polar surface area (TPSA) is 69.9 Å². The summed E-state index contributed by atoms with van der Waals surface area (Å²) in [7, 11) is 3.83. The Morgan fingerprint density at radius 1 is 1.21 bits per heavy atom. The quantitative estimate of drug-likeness (QED) is 0.807. The van der Waals surface area contributed by atoms with Gasteiger partial charge in [-0.05, 0) is 32.1 Å². The van der Waals surface area contributed by atoms with Gasteiger partial charge in [0.1, 0.15) is 6.26 Å². The zero-order valence-electron chi connectivity index (χ0n) is 16.5. The number of carbonyl (C=O) groups is 2. The van der Waals surface area contributed by atoms with Gasteiger partial charge in [0.25, 0.3) is 5.91 Å². The summed E-state index contributed by atoms with van der Waals surface area (Å²) in [6.07, 6.45) is 2.67. The Kier molecular flexibility index (Phi) is 4.93. The van der Waals surface area contributed by atoms with Crippen molar-refractivity contribution in [1.29, 1.82) is 0 Å². The summed E-state index contributed by atoms with van der Waals surface area (Å²) in [5.41, 5.74) is 2.70. The predicted octanol–water partition coefficient (Wildman–Crippen LogP) is 1.82. The molecule has 2 aliphatic rings. The molecule has 0 unspecified atom stereocenters. The zero-order valence-corrected chi connectivity index (χ0v) is 16.5. The lowest BCUT2D eigenvalue weighted by Crippen LogP contribution is -2.41. The van der Waals surface area contributed by atoms with E-state index in [9.17, 15) is 9.59 Å². The van der Waals surface area contributed by atoms with Crippen molar-refractivity contribution in [2.24, 2.45) is 11.8 Å². The third kappa shape index (κ3) is 3.30. The summed E-state index contributed by atoms with van der Waals surface area (Å²) in [6, 6.07) is 8.24. The van der Waals surface area contributed by atoms with Crippen LogP contribution in [-0.4, -0.2) is 71.8 Å². The third-order valence-corrected chi connectivity index (χ3v) is 5.88. The lowest BCUT2D eigenvalue weighted by atomic mass is 9.87. The van der Waals surface area contributed by atoms with Crippen LogP contribution in [-0.2, 0) is 4.79 Å². The molecule has 1 aromatic carbocycles. The minimum Gasteiger partial charge on any atom is -0.451 e. The molecule has 2 fully saturated rings. The van der Waals surface area contributed by atoms with Crippen molar-refractivity contribution in [3.8, 4) is 0 Å². The second-order valence-electron chi connectivity index (χ2n) is 8.09. The van der Waals surface area contributed by atoms with E-state index in [0.29, 0.717) is 31.9 Å². The monoisotopic (exact) mass is 382 g/mol. The molecule has 2 aromatic rings. The summed E-state index contributed by atoms with van der Waals surface area (Å²) in [6.45, 7) is 4.43. The number of carbonyl (C=O) groups excluding carboxylic acids is 2. The van der Waals surface area contributed by atoms with Crippen LogP contribution in [0.3, 0.4) is 0 Å². The second kappa shape index (κ2) is 7.39. The van der Waals surface area contributed by atoms with Crippen molar-refractivity contribution in [2.45, 2.75) is 13.0 Å². The maximum Gasteiger partial charge on any atom is 0.275 e. The smallest absolute Gasteiger partial charge is 0.275 e. The molecular weight excluding hydrogens is 356 g/mol. The lowest BCUT2D eigenvalue weighted by Gasteiger charge is -2.31. The Balaban J connectivity index is 1.62. The van der Waals surface area contributed by atoms with E-state index in [1.165, 1.54) is 23.8 Å². The number of nitrogens with zero attached hydrogens (tertiary/aromatic N) is 4. The molecule has 2 saturated heterocycles. The highest BCUT2D eigenvalue weighted by atomic mass is 16.3. The van der Waals surface area contributed by atoms with E-state index in [1.54, 1.807) is 0 Å². The van der Waals surface area contributed by atoms with Crippen LogP contribution in [0, 0.1) is 18.8 Å². The Hall–Kier alpha value is -2.67. The van der Waals surface area contributed by atoms with Crippen LogP contribution in [0.25, 0.3) is 0 Å². The molecule has 1 aromatic heterocycles. The van der Waals surface area contributed by atoms with Crippen molar-refractivity contribution in [3.63, 3.8) is 0 Å². The molecule has 7 heteroatoms. The van der Waals surface area contributed by atoms with E-state index in [2.05, 4.69) is 24.0 Å². The Labute approximate surface area is 164 Å². The molecule has 4 rings (SSSR count). The number of hydrogen-bond acceptors (Lipinski definition) is 5. The van der Waals surface area contributed by atoms with Crippen LogP contribution >= 0.6 is 0 Å². The van der Waals surface area contributed by atoms with Crippen LogP contribution < -0.4 is 0 Å². The molecule has 28 heavy (non-hydrogen) atoms. The molecule has 0 aliphatic carbocycles. The van der Waals surface area contributed by atoms with Crippen LogP contribution in [0.1, 0.15) is 27.7 Å². The van der Waals surface area contributed by atoms with Crippen LogP contribution in [0.2, 0.25) is 0 Å². The van der Waals surface area contributed by atoms with E-state index in [-0.39, 0.29) is 29.7 Å². The summed E-state index contributed by atoms with van der Waals surface area (Å²) in [4.78, 5) is 35.5. The fourth-order valence-corrected chi connectivity index (χ4v) is 4.63. The summed E-state index contributed by atoms with van der Waals surface area (Å²) >= 11 is 0. The van der Waals surface area contributed by atoms with Crippen molar-refractivity contribution in [1.82, 2.24) is 19.7 Å². The van der Waals surface area contributed by atoms with Crippen molar-refractivity contribution >= 4 is 11.8 Å². The first-order valence-corrected chi connectivity index (χ1v) is 9.63. The maximum absolute atomic E-state index is 13.0. The fraction of sp³-hybridized carbons (Fsp3) is 0.476. The van der Waals surface area contributed by atoms with Gasteiger partial charge in [0.15, 0.2) is 12.1 Å². The Morgan fingerprint density at radius 3 is 2.68 bits per heavy atom. The molecule has 148 valence electrons. The van der Waals surface area contributed by atoms with Crippen molar-refractivity contribution in [3.05, 3.63) is 53.7 Å². The molecule has 0 saturated carbocycles. The van der Waals surface area contributed by atoms with E-state index in [1.807, 2.05) is 40.9 Å². The first kappa shape index (κ1) is 18.7. The van der Waals surface area contributed by atoms with Gasteiger partial charge in [-0.3, -0.25) is 9.59 Å². The van der Waals surface area contributed by atoms with Gasteiger partial charge in [-0.15, -0.1) is 0 Å². The molecule has 0 spiro atoms. The SMILES string of the molecule is Cc1ccccc1[C@H]1[C@@H]2CN(C(=O)c3cocn3)C[C@@H]2CN1C(=O)CN(C)C. The zero-order chi connectivity index (χ0) is 19.8. The highest BCUT2D eigenvalue weighted by molar-refractivity contribution is 5.92. The van der Waals surface area contributed by atoms with Gasteiger partial charge < -0.3 is 19.1 Å². The van der Waals surface area contributed by atoms with Crippen molar-refractivity contribution < 1.29 is 14.0 Å². The molecule has 2 aliphatic heterocycles. The van der Waals surface area contributed by atoms with Gasteiger partial charge in [0.2, 0.25) is 5.91 Å². The number of rotatable bonds is 4. The molecular formula is C21H26N4O3.